The van der Waals surface area contributed by atoms with Gasteiger partial charge in [0, 0.05) is 18.6 Å². The van der Waals surface area contributed by atoms with Gasteiger partial charge in [0.2, 0.25) is 0 Å². The molecule has 0 N–H and O–H groups in total. The molecule has 2 heterocycles. The van der Waals surface area contributed by atoms with Crippen molar-refractivity contribution in [2.24, 2.45) is 0 Å². The second-order valence-corrected chi connectivity index (χ2v) is 7.54. The van der Waals surface area contributed by atoms with Gasteiger partial charge >= 0.3 is 0 Å². The number of likely N-dealkylation sites (tertiary alicyclic amines) is 2. The van der Waals surface area contributed by atoms with Gasteiger partial charge in [-0.3, -0.25) is 0 Å². The van der Waals surface area contributed by atoms with Gasteiger partial charge in [-0.2, -0.15) is 0 Å². The molecule has 1 aromatic rings. The van der Waals surface area contributed by atoms with E-state index in [9.17, 15) is 0 Å². The van der Waals surface area contributed by atoms with E-state index in [2.05, 4.69) is 59.1 Å². The zero-order valence-corrected chi connectivity index (χ0v) is 15.0. The van der Waals surface area contributed by atoms with Gasteiger partial charge in [0.1, 0.15) is 0 Å². The summed E-state index contributed by atoms with van der Waals surface area (Å²) in [7, 11) is 4.46. The number of rotatable bonds is 5. The van der Waals surface area contributed by atoms with Crippen LogP contribution >= 0.6 is 0 Å². The molecule has 1 aromatic carbocycles. The SMILES string of the molecule is CN(C)C1CCN(C2CCN(CCc3ccccc3)CC2)CC1. The highest BCUT2D eigenvalue weighted by atomic mass is 15.2. The van der Waals surface area contributed by atoms with Crippen LogP contribution in [0.15, 0.2) is 30.3 Å². The van der Waals surface area contributed by atoms with Gasteiger partial charge in [-0.1, -0.05) is 30.3 Å². The van der Waals surface area contributed by atoms with Crippen molar-refractivity contribution in [2.45, 2.75) is 44.2 Å². The van der Waals surface area contributed by atoms with Crippen molar-refractivity contribution in [3.8, 4) is 0 Å². The van der Waals surface area contributed by atoms with Gasteiger partial charge in [0.05, 0.1) is 0 Å². The molecule has 3 nitrogen and oxygen atoms in total. The summed E-state index contributed by atoms with van der Waals surface area (Å²) in [6.45, 7) is 6.39. The molecule has 128 valence electrons. The van der Waals surface area contributed by atoms with Gasteiger partial charge in [-0.15, -0.1) is 0 Å². The Morgan fingerprint density at radius 1 is 0.913 bits per heavy atom. The molecular weight excluding hydrogens is 282 g/mol. The fraction of sp³-hybridized carbons (Fsp3) is 0.700. The third-order valence-electron chi connectivity index (χ3n) is 5.86. The van der Waals surface area contributed by atoms with Crippen molar-refractivity contribution in [1.82, 2.24) is 14.7 Å². The topological polar surface area (TPSA) is 9.72 Å². The quantitative estimate of drug-likeness (QED) is 0.827. The maximum atomic E-state index is 2.77. The molecule has 0 amide bonds. The van der Waals surface area contributed by atoms with Crippen molar-refractivity contribution in [2.75, 3.05) is 46.8 Å². The number of hydrogen-bond donors (Lipinski definition) is 0. The lowest BCUT2D eigenvalue weighted by molar-refractivity contribution is 0.0678. The number of nitrogens with zero attached hydrogens (tertiary/aromatic N) is 3. The predicted molar refractivity (Wildman–Crippen MR) is 97.9 cm³/mol. The Labute approximate surface area is 142 Å². The Morgan fingerprint density at radius 3 is 2.17 bits per heavy atom. The summed E-state index contributed by atoms with van der Waals surface area (Å²) in [6.07, 6.45) is 6.62. The van der Waals surface area contributed by atoms with Crippen LogP contribution in [-0.2, 0) is 6.42 Å². The Hall–Kier alpha value is -0.900. The summed E-state index contributed by atoms with van der Waals surface area (Å²) in [5.74, 6) is 0. The highest BCUT2D eigenvalue weighted by molar-refractivity contribution is 5.14. The Bertz CT molecular complexity index is 443. The van der Waals surface area contributed by atoms with E-state index >= 15 is 0 Å². The van der Waals surface area contributed by atoms with Crippen molar-refractivity contribution in [3.05, 3.63) is 35.9 Å². The summed E-state index contributed by atoms with van der Waals surface area (Å²) >= 11 is 0. The van der Waals surface area contributed by atoms with E-state index in [1.807, 2.05) is 0 Å². The summed E-state index contributed by atoms with van der Waals surface area (Å²) in [4.78, 5) is 7.84. The van der Waals surface area contributed by atoms with Crippen LogP contribution < -0.4 is 0 Å². The lowest BCUT2D eigenvalue weighted by atomic mass is 9.97. The fourth-order valence-electron chi connectivity index (χ4n) is 4.21. The second kappa shape index (κ2) is 8.27. The third kappa shape index (κ3) is 4.79. The molecule has 2 aliphatic rings. The molecule has 3 rings (SSSR count). The van der Waals surface area contributed by atoms with Crippen LogP contribution in [0.25, 0.3) is 0 Å². The van der Waals surface area contributed by atoms with E-state index in [1.54, 1.807) is 0 Å². The first-order chi connectivity index (χ1) is 11.2. The average Bonchev–Trinajstić information content (AvgIpc) is 2.61. The molecule has 0 saturated carbocycles. The zero-order valence-electron chi connectivity index (χ0n) is 15.0. The van der Waals surface area contributed by atoms with Crippen molar-refractivity contribution in [1.29, 1.82) is 0 Å². The first kappa shape index (κ1) is 16.9. The minimum absolute atomic E-state index is 0.803. The lowest BCUT2D eigenvalue weighted by Crippen LogP contribution is -2.50. The van der Waals surface area contributed by atoms with Crippen LogP contribution in [0, 0.1) is 0 Å². The number of piperidine rings is 2. The minimum Gasteiger partial charge on any atom is -0.306 e. The Balaban J connectivity index is 1.37. The lowest BCUT2D eigenvalue weighted by Gasteiger charge is -2.43. The molecule has 2 saturated heterocycles. The van der Waals surface area contributed by atoms with E-state index in [1.165, 1.54) is 70.4 Å². The molecule has 2 aliphatic heterocycles. The second-order valence-electron chi connectivity index (χ2n) is 7.54. The van der Waals surface area contributed by atoms with Crippen LogP contribution in [0.4, 0.5) is 0 Å². The standard InChI is InChI=1S/C20H33N3/c1-21(2)19-11-16-23(17-12-19)20-9-14-22(15-10-20)13-8-18-6-4-3-5-7-18/h3-7,19-20H,8-17H2,1-2H3. The van der Waals surface area contributed by atoms with E-state index in [0.29, 0.717) is 0 Å². The van der Waals surface area contributed by atoms with E-state index in [0.717, 1.165) is 12.1 Å². The smallest absolute Gasteiger partial charge is 0.0120 e. The Morgan fingerprint density at radius 2 is 1.57 bits per heavy atom. The van der Waals surface area contributed by atoms with E-state index in [4.69, 9.17) is 0 Å². The molecule has 0 unspecified atom stereocenters. The van der Waals surface area contributed by atoms with Crippen LogP contribution in [0.2, 0.25) is 0 Å². The van der Waals surface area contributed by atoms with Gasteiger partial charge in [-0.25, -0.2) is 0 Å². The Kier molecular flexibility index (Phi) is 6.09. The average molecular weight is 316 g/mol. The van der Waals surface area contributed by atoms with Crippen LogP contribution in [-0.4, -0.2) is 73.6 Å². The maximum Gasteiger partial charge on any atom is 0.0120 e. The number of benzene rings is 1. The predicted octanol–water partition coefficient (Wildman–Crippen LogP) is 2.72. The molecule has 0 radical (unpaired) electrons. The van der Waals surface area contributed by atoms with Crippen molar-refractivity contribution in [3.63, 3.8) is 0 Å². The van der Waals surface area contributed by atoms with Gasteiger partial charge in [0.15, 0.2) is 0 Å². The monoisotopic (exact) mass is 315 g/mol. The maximum absolute atomic E-state index is 2.77. The van der Waals surface area contributed by atoms with Crippen LogP contribution in [0.1, 0.15) is 31.2 Å². The molecule has 2 fully saturated rings. The van der Waals surface area contributed by atoms with Gasteiger partial charge in [0.25, 0.3) is 0 Å². The molecule has 0 spiro atoms. The van der Waals surface area contributed by atoms with Crippen molar-refractivity contribution >= 4 is 0 Å². The van der Waals surface area contributed by atoms with Crippen LogP contribution in [0.3, 0.4) is 0 Å². The molecule has 3 heteroatoms. The first-order valence-corrected chi connectivity index (χ1v) is 9.39. The minimum atomic E-state index is 0.803. The number of hydrogen-bond acceptors (Lipinski definition) is 3. The highest BCUT2D eigenvalue weighted by Gasteiger charge is 2.28. The summed E-state index contributed by atoms with van der Waals surface area (Å²) in [5, 5.41) is 0. The fourth-order valence-corrected chi connectivity index (χ4v) is 4.21. The first-order valence-electron chi connectivity index (χ1n) is 9.39. The molecular formula is C20H33N3. The summed E-state index contributed by atoms with van der Waals surface area (Å²) in [6, 6.07) is 12.6. The largest absolute Gasteiger partial charge is 0.306 e. The van der Waals surface area contributed by atoms with E-state index < -0.39 is 0 Å². The molecule has 0 aliphatic carbocycles. The summed E-state index contributed by atoms with van der Waals surface area (Å²) in [5.41, 5.74) is 1.47. The summed E-state index contributed by atoms with van der Waals surface area (Å²) < 4.78 is 0. The highest BCUT2D eigenvalue weighted by Crippen LogP contribution is 2.22. The van der Waals surface area contributed by atoms with Crippen molar-refractivity contribution < 1.29 is 0 Å². The molecule has 0 aromatic heterocycles. The van der Waals surface area contributed by atoms with Gasteiger partial charge < -0.3 is 14.7 Å². The molecule has 0 bridgehead atoms. The van der Waals surface area contributed by atoms with Crippen LogP contribution in [0.5, 0.6) is 0 Å². The van der Waals surface area contributed by atoms with E-state index in [-0.39, 0.29) is 0 Å². The molecule has 23 heavy (non-hydrogen) atoms. The zero-order chi connectivity index (χ0) is 16.1. The molecule has 0 atom stereocenters. The third-order valence-corrected chi connectivity index (χ3v) is 5.86. The van der Waals surface area contributed by atoms with Gasteiger partial charge in [-0.05, 0) is 77.9 Å². The normalized spacial score (nSPS) is 22.7.